The summed E-state index contributed by atoms with van der Waals surface area (Å²) < 4.78 is 0. The third kappa shape index (κ3) is 2.55. The van der Waals surface area contributed by atoms with Crippen LogP contribution in [0.1, 0.15) is 48.3 Å². The van der Waals surface area contributed by atoms with Crippen molar-refractivity contribution in [3.63, 3.8) is 0 Å². The molecule has 5 nitrogen and oxygen atoms in total. The molecule has 2 unspecified atom stereocenters. The molecule has 1 N–H and O–H groups in total. The molecule has 104 valence electrons. The lowest BCUT2D eigenvalue weighted by molar-refractivity contribution is 0.0695. The topological polar surface area (TPSA) is 66.3 Å². The van der Waals surface area contributed by atoms with Crippen LogP contribution in [0.2, 0.25) is 0 Å². The SMILES string of the molecule is Cc1nnc(N2CC(C)CCC2C)c(C(=O)O)c1C. The molecule has 1 aliphatic heterocycles. The van der Waals surface area contributed by atoms with Gasteiger partial charge < -0.3 is 10.0 Å². The fourth-order valence-electron chi connectivity index (χ4n) is 2.64. The summed E-state index contributed by atoms with van der Waals surface area (Å²) >= 11 is 0. The van der Waals surface area contributed by atoms with E-state index in [4.69, 9.17) is 0 Å². The predicted octanol–water partition coefficient (Wildman–Crippen LogP) is 2.42. The minimum atomic E-state index is -0.920. The highest BCUT2D eigenvalue weighted by Crippen LogP contribution is 2.30. The van der Waals surface area contributed by atoms with Crippen LogP contribution in [-0.4, -0.2) is 33.9 Å². The first-order chi connectivity index (χ1) is 8.91. The summed E-state index contributed by atoms with van der Waals surface area (Å²) in [6, 6.07) is 0.311. The number of anilines is 1. The average molecular weight is 263 g/mol. The second kappa shape index (κ2) is 5.15. The lowest BCUT2D eigenvalue weighted by atomic mass is 9.94. The van der Waals surface area contributed by atoms with Crippen molar-refractivity contribution in [3.8, 4) is 0 Å². The third-order valence-corrected chi connectivity index (χ3v) is 4.04. The molecule has 0 aliphatic carbocycles. The predicted molar refractivity (Wildman–Crippen MR) is 73.7 cm³/mol. The zero-order valence-electron chi connectivity index (χ0n) is 12.0. The number of aromatic nitrogens is 2. The summed E-state index contributed by atoms with van der Waals surface area (Å²) in [5.41, 5.74) is 1.69. The number of carboxylic acids is 1. The van der Waals surface area contributed by atoms with Gasteiger partial charge in [-0.05, 0) is 45.1 Å². The van der Waals surface area contributed by atoms with E-state index in [0.29, 0.717) is 34.6 Å². The number of aryl methyl sites for hydroxylation is 1. The molecule has 0 aromatic carbocycles. The Hall–Kier alpha value is -1.65. The molecule has 2 rings (SSSR count). The molecule has 5 heteroatoms. The second-order valence-corrected chi connectivity index (χ2v) is 5.60. The van der Waals surface area contributed by atoms with Crippen LogP contribution in [0.25, 0.3) is 0 Å². The van der Waals surface area contributed by atoms with Crippen LogP contribution in [0.4, 0.5) is 5.82 Å². The largest absolute Gasteiger partial charge is 0.478 e. The van der Waals surface area contributed by atoms with Crippen molar-refractivity contribution in [1.29, 1.82) is 0 Å². The Bertz CT molecular complexity index is 502. The maximum absolute atomic E-state index is 11.5. The minimum Gasteiger partial charge on any atom is -0.478 e. The van der Waals surface area contributed by atoms with Crippen LogP contribution in [-0.2, 0) is 0 Å². The standard InChI is InChI=1S/C14H21N3O2/c1-8-5-6-9(2)17(7-8)13-12(14(18)19)10(3)11(4)15-16-13/h8-9H,5-7H2,1-4H3,(H,18,19). The Morgan fingerprint density at radius 1 is 1.26 bits per heavy atom. The summed E-state index contributed by atoms with van der Waals surface area (Å²) in [7, 11) is 0. The van der Waals surface area contributed by atoms with Gasteiger partial charge in [0.05, 0.1) is 5.69 Å². The van der Waals surface area contributed by atoms with Gasteiger partial charge in [0.15, 0.2) is 5.82 Å². The highest BCUT2D eigenvalue weighted by atomic mass is 16.4. The smallest absolute Gasteiger partial charge is 0.339 e. The van der Waals surface area contributed by atoms with Gasteiger partial charge >= 0.3 is 5.97 Å². The fraction of sp³-hybridized carbons (Fsp3) is 0.643. The van der Waals surface area contributed by atoms with Crippen LogP contribution in [0.5, 0.6) is 0 Å². The summed E-state index contributed by atoms with van der Waals surface area (Å²) in [6.07, 6.45) is 2.24. The number of hydrogen-bond acceptors (Lipinski definition) is 4. The molecular weight excluding hydrogens is 242 g/mol. The quantitative estimate of drug-likeness (QED) is 0.887. The molecular formula is C14H21N3O2. The van der Waals surface area contributed by atoms with E-state index in [1.807, 2.05) is 0 Å². The molecule has 1 fully saturated rings. The van der Waals surface area contributed by atoms with Crippen LogP contribution in [0.3, 0.4) is 0 Å². The van der Waals surface area contributed by atoms with Crippen molar-refractivity contribution in [2.24, 2.45) is 5.92 Å². The normalized spacial score (nSPS) is 23.5. The minimum absolute atomic E-state index is 0.299. The fourth-order valence-corrected chi connectivity index (χ4v) is 2.64. The zero-order chi connectivity index (χ0) is 14.2. The van der Waals surface area contributed by atoms with Crippen molar-refractivity contribution < 1.29 is 9.90 Å². The molecule has 1 aliphatic rings. The number of nitrogens with zero attached hydrogens (tertiary/aromatic N) is 3. The van der Waals surface area contributed by atoms with Crippen molar-refractivity contribution in [3.05, 3.63) is 16.8 Å². The van der Waals surface area contributed by atoms with Gasteiger partial charge in [-0.1, -0.05) is 6.92 Å². The van der Waals surface area contributed by atoms with Gasteiger partial charge in [0.2, 0.25) is 0 Å². The summed E-state index contributed by atoms with van der Waals surface area (Å²) in [5, 5.41) is 17.7. The molecule has 0 saturated carbocycles. The lowest BCUT2D eigenvalue weighted by Crippen LogP contribution is -2.42. The number of rotatable bonds is 2. The summed E-state index contributed by atoms with van der Waals surface area (Å²) in [5.74, 6) is 0.159. The number of aromatic carboxylic acids is 1. The Labute approximate surface area is 113 Å². The number of piperidine rings is 1. The molecule has 0 bridgehead atoms. The van der Waals surface area contributed by atoms with Crippen LogP contribution in [0, 0.1) is 19.8 Å². The van der Waals surface area contributed by atoms with E-state index in [1.165, 1.54) is 6.42 Å². The third-order valence-electron chi connectivity index (χ3n) is 4.04. The van der Waals surface area contributed by atoms with Gasteiger partial charge in [-0.25, -0.2) is 4.79 Å². The van der Waals surface area contributed by atoms with E-state index in [0.717, 1.165) is 13.0 Å². The Morgan fingerprint density at radius 2 is 1.95 bits per heavy atom. The molecule has 1 aromatic rings. The molecule has 0 amide bonds. The monoisotopic (exact) mass is 263 g/mol. The van der Waals surface area contributed by atoms with Crippen LogP contribution >= 0.6 is 0 Å². The van der Waals surface area contributed by atoms with Gasteiger partial charge in [-0.2, -0.15) is 5.10 Å². The second-order valence-electron chi connectivity index (χ2n) is 5.60. The van der Waals surface area contributed by atoms with Crippen molar-refractivity contribution in [2.75, 3.05) is 11.4 Å². The van der Waals surface area contributed by atoms with Gasteiger partial charge in [0.1, 0.15) is 5.56 Å². The lowest BCUT2D eigenvalue weighted by Gasteiger charge is -2.38. The first-order valence-electron chi connectivity index (χ1n) is 6.75. The van der Waals surface area contributed by atoms with Gasteiger partial charge in [-0.15, -0.1) is 5.10 Å². The number of carbonyl (C=O) groups is 1. The molecule has 0 spiro atoms. The van der Waals surface area contributed by atoms with E-state index in [1.54, 1.807) is 13.8 Å². The molecule has 19 heavy (non-hydrogen) atoms. The first kappa shape index (κ1) is 13.8. The molecule has 2 heterocycles. The Balaban J connectivity index is 2.49. The Morgan fingerprint density at radius 3 is 2.58 bits per heavy atom. The molecule has 0 radical (unpaired) electrons. The van der Waals surface area contributed by atoms with Crippen LogP contribution < -0.4 is 4.90 Å². The van der Waals surface area contributed by atoms with E-state index < -0.39 is 5.97 Å². The summed E-state index contributed by atoms with van der Waals surface area (Å²) in [6.45, 7) is 8.75. The summed E-state index contributed by atoms with van der Waals surface area (Å²) in [4.78, 5) is 13.6. The van der Waals surface area contributed by atoms with Gasteiger partial charge in [0.25, 0.3) is 0 Å². The van der Waals surface area contributed by atoms with E-state index in [-0.39, 0.29) is 0 Å². The molecule has 1 aromatic heterocycles. The van der Waals surface area contributed by atoms with Crippen molar-refractivity contribution in [2.45, 2.75) is 46.6 Å². The van der Waals surface area contributed by atoms with Gasteiger partial charge in [0, 0.05) is 12.6 Å². The van der Waals surface area contributed by atoms with Crippen molar-refractivity contribution in [1.82, 2.24) is 10.2 Å². The Kier molecular flexibility index (Phi) is 3.73. The molecule has 2 atom stereocenters. The number of hydrogen-bond donors (Lipinski definition) is 1. The highest BCUT2D eigenvalue weighted by molar-refractivity contribution is 5.95. The van der Waals surface area contributed by atoms with E-state index in [9.17, 15) is 9.90 Å². The van der Waals surface area contributed by atoms with Crippen molar-refractivity contribution >= 4 is 11.8 Å². The first-order valence-corrected chi connectivity index (χ1v) is 6.75. The average Bonchev–Trinajstić information content (AvgIpc) is 2.35. The van der Waals surface area contributed by atoms with Crippen LogP contribution in [0.15, 0.2) is 0 Å². The van der Waals surface area contributed by atoms with Gasteiger partial charge in [-0.3, -0.25) is 0 Å². The zero-order valence-corrected chi connectivity index (χ0v) is 12.0. The maximum atomic E-state index is 11.5. The highest BCUT2D eigenvalue weighted by Gasteiger charge is 2.29. The van der Waals surface area contributed by atoms with E-state index >= 15 is 0 Å². The molecule has 1 saturated heterocycles. The van der Waals surface area contributed by atoms with E-state index in [2.05, 4.69) is 28.9 Å². The number of carboxylic acid groups (broad SMARTS) is 1. The maximum Gasteiger partial charge on any atom is 0.339 e.